The van der Waals surface area contributed by atoms with Gasteiger partial charge in [-0.25, -0.2) is 13.8 Å². The molecule has 0 aliphatic heterocycles. The van der Waals surface area contributed by atoms with Gasteiger partial charge in [0.05, 0.1) is 24.4 Å². The predicted molar refractivity (Wildman–Crippen MR) is 72.1 cm³/mol. The minimum atomic E-state index is -0.702. The fraction of sp³-hybridized carbons (Fsp3) is 0.231. The highest BCUT2D eigenvalue weighted by atomic mass is 32.1. The van der Waals surface area contributed by atoms with Crippen LogP contribution in [0.1, 0.15) is 12.6 Å². The van der Waals surface area contributed by atoms with Crippen LogP contribution >= 0.6 is 11.3 Å². The Morgan fingerprint density at radius 3 is 2.95 bits per heavy atom. The molecule has 0 bridgehead atoms. The van der Waals surface area contributed by atoms with Crippen molar-refractivity contribution in [3.8, 4) is 0 Å². The van der Waals surface area contributed by atoms with Crippen LogP contribution in [-0.2, 0) is 16.0 Å². The molecule has 0 aliphatic carbocycles. The average molecular weight is 298 g/mol. The van der Waals surface area contributed by atoms with E-state index in [0.29, 0.717) is 17.4 Å². The minimum absolute atomic E-state index is 0.0674. The van der Waals surface area contributed by atoms with Gasteiger partial charge in [-0.05, 0) is 19.1 Å². The first kappa shape index (κ1) is 14.4. The van der Waals surface area contributed by atoms with E-state index in [1.807, 2.05) is 0 Å². The zero-order valence-corrected chi connectivity index (χ0v) is 11.5. The summed E-state index contributed by atoms with van der Waals surface area (Å²) in [7, 11) is 0. The van der Waals surface area contributed by atoms with E-state index < -0.39 is 11.6 Å². The van der Waals surface area contributed by atoms with Gasteiger partial charge >= 0.3 is 5.97 Å². The number of thiazole rings is 1. The number of carbonyl (C=O) groups is 1. The lowest BCUT2D eigenvalue weighted by Gasteiger charge is -2.03. The number of nitrogens with zero attached hydrogens (tertiary/aromatic N) is 1. The second-order valence-corrected chi connectivity index (χ2v) is 4.73. The maximum absolute atomic E-state index is 13.5. The third kappa shape index (κ3) is 3.74. The lowest BCUT2D eigenvalue weighted by Crippen LogP contribution is -2.07. The molecule has 0 fully saturated rings. The second kappa shape index (κ2) is 6.42. The molecule has 0 saturated heterocycles. The monoisotopic (exact) mass is 298 g/mol. The molecule has 2 rings (SSSR count). The van der Waals surface area contributed by atoms with E-state index in [1.165, 1.54) is 17.4 Å². The molecule has 0 radical (unpaired) electrons. The van der Waals surface area contributed by atoms with E-state index in [9.17, 15) is 13.6 Å². The van der Waals surface area contributed by atoms with Crippen molar-refractivity contribution in [2.75, 3.05) is 11.9 Å². The first-order chi connectivity index (χ1) is 9.58. The van der Waals surface area contributed by atoms with Gasteiger partial charge in [0, 0.05) is 11.4 Å². The zero-order valence-electron chi connectivity index (χ0n) is 10.7. The molecule has 0 spiro atoms. The Morgan fingerprint density at radius 2 is 2.25 bits per heavy atom. The number of hydrogen-bond donors (Lipinski definition) is 1. The molecule has 2 aromatic rings. The van der Waals surface area contributed by atoms with Gasteiger partial charge in [0.1, 0.15) is 11.6 Å². The number of aromatic nitrogens is 1. The van der Waals surface area contributed by atoms with E-state index in [2.05, 4.69) is 10.3 Å². The summed E-state index contributed by atoms with van der Waals surface area (Å²) in [6.45, 7) is 2.04. The maximum Gasteiger partial charge on any atom is 0.311 e. The van der Waals surface area contributed by atoms with E-state index in [4.69, 9.17) is 4.74 Å². The standard InChI is InChI=1S/C13H12F2N2O2S/c1-2-19-12(18)6-9-7-20-13(16-9)17-11-4-3-8(14)5-10(11)15/h3-5,7H,2,6H2,1H3,(H,16,17). The molecular formula is C13H12F2N2O2S. The van der Waals surface area contributed by atoms with Gasteiger partial charge in [-0.1, -0.05) is 0 Å². The van der Waals surface area contributed by atoms with Gasteiger partial charge in [0.25, 0.3) is 0 Å². The summed E-state index contributed by atoms with van der Waals surface area (Å²) in [5, 5.41) is 4.85. The smallest absolute Gasteiger partial charge is 0.311 e. The third-order valence-corrected chi connectivity index (χ3v) is 3.16. The summed E-state index contributed by atoms with van der Waals surface area (Å²) >= 11 is 1.23. The van der Waals surface area contributed by atoms with E-state index in [1.54, 1.807) is 12.3 Å². The van der Waals surface area contributed by atoms with Crippen molar-refractivity contribution in [1.29, 1.82) is 0 Å². The average Bonchev–Trinajstić information content (AvgIpc) is 2.80. The molecule has 0 atom stereocenters. The van der Waals surface area contributed by atoms with Crippen LogP contribution in [0.5, 0.6) is 0 Å². The number of benzene rings is 1. The van der Waals surface area contributed by atoms with Crippen LogP contribution < -0.4 is 5.32 Å². The summed E-state index contributed by atoms with van der Waals surface area (Å²) in [5.41, 5.74) is 0.668. The summed E-state index contributed by atoms with van der Waals surface area (Å²) in [4.78, 5) is 15.4. The Balaban J connectivity index is 2.04. The quantitative estimate of drug-likeness (QED) is 0.861. The second-order valence-electron chi connectivity index (χ2n) is 3.87. The van der Waals surface area contributed by atoms with Crippen LogP contribution in [0, 0.1) is 11.6 Å². The Hall–Kier alpha value is -2.02. The molecule has 0 amide bonds. The Bertz CT molecular complexity index is 616. The summed E-state index contributed by atoms with van der Waals surface area (Å²) in [6, 6.07) is 3.23. The van der Waals surface area contributed by atoms with Crippen molar-refractivity contribution in [3.63, 3.8) is 0 Å². The number of halogens is 2. The van der Waals surface area contributed by atoms with Gasteiger partial charge in [-0.2, -0.15) is 0 Å². The first-order valence-electron chi connectivity index (χ1n) is 5.90. The number of carbonyl (C=O) groups excluding carboxylic acids is 1. The number of rotatable bonds is 5. The molecule has 1 N–H and O–H groups in total. The fourth-order valence-corrected chi connectivity index (χ4v) is 2.23. The molecule has 1 heterocycles. The van der Waals surface area contributed by atoms with Gasteiger partial charge in [0.15, 0.2) is 5.13 Å². The summed E-state index contributed by atoms with van der Waals surface area (Å²) in [6.07, 6.45) is 0.0674. The van der Waals surface area contributed by atoms with Gasteiger partial charge in [-0.15, -0.1) is 11.3 Å². The third-order valence-electron chi connectivity index (χ3n) is 2.36. The number of esters is 1. The molecule has 1 aromatic heterocycles. The fourth-order valence-electron chi connectivity index (χ4n) is 1.51. The number of nitrogens with one attached hydrogen (secondary N) is 1. The molecular weight excluding hydrogens is 286 g/mol. The van der Waals surface area contributed by atoms with E-state index >= 15 is 0 Å². The molecule has 7 heteroatoms. The van der Waals surface area contributed by atoms with Crippen LogP contribution in [0.25, 0.3) is 0 Å². The Labute approximate surface area is 118 Å². The lowest BCUT2D eigenvalue weighted by atomic mass is 10.3. The van der Waals surface area contributed by atoms with Crippen LogP contribution in [0.3, 0.4) is 0 Å². The number of hydrogen-bond acceptors (Lipinski definition) is 5. The van der Waals surface area contributed by atoms with Gasteiger partial charge in [0.2, 0.25) is 0 Å². The number of ether oxygens (including phenoxy) is 1. The van der Waals surface area contributed by atoms with Crippen molar-refractivity contribution in [3.05, 3.63) is 40.9 Å². The van der Waals surface area contributed by atoms with Crippen molar-refractivity contribution >= 4 is 28.1 Å². The SMILES string of the molecule is CCOC(=O)Cc1csc(Nc2ccc(F)cc2F)n1. The van der Waals surface area contributed by atoms with Crippen molar-refractivity contribution < 1.29 is 18.3 Å². The van der Waals surface area contributed by atoms with Crippen LogP contribution in [-0.4, -0.2) is 17.6 Å². The molecule has 20 heavy (non-hydrogen) atoms. The van der Waals surface area contributed by atoms with Crippen molar-refractivity contribution in [2.24, 2.45) is 0 Å². The predicted octanol–water partition coefficient (Wildman–Crippen LogP) is 3.27. The lowest BCUT2D eigenvalue weighted by molar-refractivity contribution is -0.142. The Kier molecular flexibility index (Phi) is 4.62. The highest BCUT2D eigenvalue weighted by Crippen LogP contribution is 2.23. The van der Waals surface area contributed by atoms with E-state index in [-0.39, 0.29) is 18.1 Å². The van der Waals surface area contributed by atoms with Crippen molar-refractivity contribution in [2.45, 2.75) is 13.3 Å². The van der Waals surface area contributed by atoms with Gasteiger partial charge < -0.3 is 10.1 Å². The minimum Gasteiger partial charge on any atom is -0.466 e. The van der Waals surface area contributed by atoms with Crippen LogP contribution in [0.4, 0.5) is 19.6 Å². The normalized spacial score (nSPS) is 10.3. The molecule has 106 valence electrons. The molecule has 1 aromatic carbocycles. The zero-order chi connectivity index (χ0) is 14.5. The highest BCUT2D eigenvalue weighted by molar-refractivity contribution is 7.13. The van der Waals surface area contributed by atoms with Gasteiger partial charge in [-0.3, -0.25) is 4.79 Å². The van der Waals surface area contributed by atoms with Crippen LogP contribution in [0.15, 0.2) is 23.6 Å². The number of anilines is 2. The summed E-state index contributed by atoms with van der Waals surface area (Å²) in [5.74, 6) is -1.71. The molecule has 0 unspecified atom stereocenters. The molecule has 4 nitrogen and oxygen atoms in total. The van der Waals surface area contributed by atoms with Crippen LogP contribution in [0.2, 0.25) is 0 Å². The Morgan fingerprint density at radius 1 is 1.45 bits per heavy atom. The topological polar surface area (TPSA) is 51.2 Å². The first-order valence-corrected chi connectivity index (χ1v) is 6.78. The highest BCUT2D eigenvalue weighted by Gasteiger charge is 2.10. The molecule has 0 aliphatic rings. The maximum atomic E-state index is 13.5. The molecule has 0 saturated carbocycles. The summed E-state index contributed by atoms with van der Waals surface area (Å²) < 4.78 is 31.0. The largest absolute Gasteiger partial charge is 0.466 e. The van der Waals surface area contributed by atoms with E-state index in [0.717, 1.165) is 12.1 Å². The van der Waals surface area contributed by atoms with Crippen molar-refractivity contribution in [1.82, 2.24) is 4.98 Å².